The second-order valence-electron chi connectivity index (χ2n) is 6.53. The van der Waals surface area contributed by atoms with Gasteiger partial charge in [0, 0.05) is 31.3 Å². The average molecular weight is 368 g/mol. The number of amides is 2. The fourth-order valence-electron chi connectivity index (χ4n) is 2.86. The van der Waals surface area contributed by atoms with E-state index in [-0.39, 0.29) is 17.9 Å². The van der Waals surface area contributed by atoms with Crippen LogP contribution in [0.15, 0.2) is 48.5 Å². The van der Waals surface area contributed by atoms with Gasteiger partial charge in [-0.1, -0.05) is 12.1 Å². The molecule has 142 valence electrons. The molecule has 0 spiro atoms. The molecule has 1 saturated heterocycles. The first-order valence-electron chi connectivity index (χ1n) is 9.09. The number of ether oxygens (including phenoxy) is 2. The standard InChI is InChI=1S/C21H24N2O4/c1-15(24)23-18-8-4-16(5-9-18)13-22-21(25)17-6-10-19(11-7-17)27-14-20-3-2-12-26-20/h4-11,20H,2-3,12-14H2,1H3,(H,22,25)(H,23,24). The zero-order chi connectivity index (χ0) is 19.1. The van der Waals surface area contributed by atoms with E-state index in [1.54, 1.807) is 24.3 Å². The van der Waals surface area contributed by atoms with E-state index >= 15 is 0 Å². The first-order valence-corrected chi connectivity index (χ1v) is 9.09. The number of hydrogen-bond donors (Lipinski definition) is 2. The van der Waals surface area contributed by atoms with Crippen molar-refractivity contribution < 1.29 is 19.1 Å². The minimum Gasteiger partial charge on any atom is -0.491 e. The van der Waals surface area contributed by atoms with Crippen LogP contribution >= 0.6 is 0 Å². The summed E-state index contributed by atoms with van der Waals surface area (Å²) in [5.41, 5.74) is 2.26. The molecule has 2 aromatic rings. The van der Waals surface area contributed by atoms with E-state index in [0.29, 0.717) is 18.7 Å². The molecule has 1 atom stereocenters. The number of benzene rings is 2. The van der Waals surface area contributed by atoms with Crippen LogP contribution < -0.4 is 15.4 Å². The Morgan fingerprint density at radius 1 is 1.11 bits per heavy atom. The fraction of sp³-hybridized carbons (Fsp3) is 0.333. The molecule has 0 aliphatic carbocycles. The quantitative estimate of drug-likeness (QED) is 0.787. The first kappa shape index (κ1) is 18.9. The monoisotopic (exact) mass is 368 g/mol. The molecular formula is C21H24N2O4. The Kier molecular flexibility index (Phi) is 6.44. The molecule has 0 saturated carbocycles. The van der Waals surface area contributed by atoms with Gasteiger partial charge in [-0.3, -0.25) is 9.59 Å². The van der Waals surface area contributed by atoms with Gasteiger partial charge in [-0.05, 0) is 54.8 Å². The van der Waals surface area contributed by atoms with Gasteiger partial charge in [0.1, 0.15) is 12.4 Å². The summed E-state index contributed by atoms with van der Waals surface area (Å²) in [6.45, 7) is 3.23. The summed E-state index contributed by atoms with van der Waals surface area (Å²) in [7, 11) is 0. The summed E-state index contributed by atoms with van der Waals surface area (Å²) in [6, 6.07) is 14.5. The molecule has 6 nitrogen and oxygen atoms in total. The minimum absolute atomic E-state index is 0.112. The second kappa shape index (κ2) is 9.19. The van der Waals surface area contributed by atoms with Crippen LogP contribution in [0.5, 0.6) is 5.75 Å². The smallest absolute Gasteiger partial charge is 0.251 e. The highest BCUT2D eigenvalue weighted by Gasteiger charge is 2.16. The van der Waals surface area contributed by atoms with Crippen LogP contribution in [0.3, 0.4) is 0 Å². The maximum atomic E-state index is 12.3. The first-order chi connectivity index (χ1) is 13.1. The molecular weight excluding hydrogens is 344 g/mol. The molecule has 0 aromatic heterocycles. The van der Waals surface area contributed by atoms with Crippen LogP contribution in [0.1, 0.15) is 35.7 Å². The molecule has 2 amide bonds. The third-order valence-corrected chi connectivity index (χ3v) is 4.30. The summed E-state index contributed by atoms with van der Waals surface area (Å²) in [5.74, 6) is 0.474. The molecule has 0 radical (unpaired) electrons. The van der Waals surface area contributed by atoms with Gasteiger partial charge in [0.15, 0.2) is 0 Å². The molecule has 3 rings (SSSR count). The molecule has 1 aliphatic rings. The van der Waals surface area contributed by atoms with Crippen LogP contribution in [-0.4, -0.2) is 31.1 Å². The Morgan fingerprint density at radius 2 is 1.85 bits per heavy atom. The van der Waals surface area contributed by atoms with Gasteiger partial charge in [-0.2, -0.15) is 0 Å². The Labute approximate surface area is 158 Å². The Balaban J connectivity index is 1.46. The number of anilines is 1. The van der Waals surface area contributed by atoms with E-state index in [1.165, 1.54) is 6.92 Å². The molecule has 2 N–H and O–H groups in total. The number of nitrogens with one attached hydrogen (secondary N) is 2. The van der Waals surface area contributed by atoms with Gasteiger partial charge in [-0.15, -0.1) is 0 Å². The topological polar surface area (TPSA) is 76.7 Å². The van der Waals surface area contributed by atoms with Crippen LogP contribution in [0.4, 0.5) is 5.69 Å². The number of carbonyl (C=O) groups excluding carboxylic acids is 2. The lowest BCUT2D eigenvalue weighted by molar-refractivity contribution is -0.114. The number of carbonyl (C=O) groups is 2. The maximum Gasteiger partial charge on any atom is 0.251 e. The molecule has 27 heavy (non-hydrogen) atoms. The third-order valence-electron chi connectivity index (χ3n) is 4.30. The molecule has 2 aromatic carbocycles. The Bertz CT molecular complexity index is 766. The Morgan fingerprint density at radius 3 is 2.48 bits per heavy atom. The summed E-state index contributed by atoms with van der Waals surface area (Å²) in [4.78, 5) is 23.3. The summed E-state index contributed by atoms with van der Waals surface area (Å²) < 4.78 is 11.2. The van der Waals surface area contributed by atoms with Crippen molar-refractivity contribution in [3.63, 3.8) is 0 Å². The molecule has 1 heterocycles. The van der Waals surface area contributed by atoms with Crippen LogP contribution in [0.2, 0.25) is 0 Å². The van der Waals surface area contributed by atoms with E-state index < -0.39 is 0 Å². The van der Waals surface area contributed by atoms with Gasteiger partial charge in [0.2, 0.25) is 5.91 Å². The molecule has 1 aliphatic heterocycles. The summed E-state index contributed by atoms with van der Waals surface area (Å²) in [5, 5.41) is 5.59. The second-order valence-corrected chi connectivity index (χ2v) is 6.53. The third kappa shape index (κ3) is 5.82. The average Bonchev–Trinajstić information content (AvgIpc) is 3.19. The number of rotatable bonds is 7. The van der Waals surface area contributed by atoms with Gasteiger partial charge < -0.3 is 20.1 Å². The summed E-state index contributed by atoms with van der Waals surface area (Å²) in [6.07, 6.45) is 2.29. The number of hydrogen-bond acceptors (Lipinski definition) is 4. The van der Waals surface area contributed by atoms with Gasteiger partial charge in [0.05, 0.1) is 6.10 Å². The van der Waals surface area contributed by atoms with Crippen molar-refractivity contribution in [2.45, 2.75) is 32.4 Å². The predicted molar refractivity (Wildman–Crippen MR) is 103 cm³/mol. The van der Waals surface area contributed by atoms with Crippen molar-refractivity contribution in [2.24, 2.45) is 0 Å². The van der Waals surface area contributed by atoms with Crippen LogP contribution in [0, 0.1) is 0 Å². The largest absolute Gasteiger partial charge is 0.491 e. The van der Waals surface area contributed by atoms with E-state index in [2.05, 4.69) is 10.6 Å². The molecule has 0 bridgehead atoms. The molecule has 1 fully saturated rings. The van der Waals surface area contributed by atoms with Crippen molar-refractivity contribution >= 4 is 17.5 Å². The van der Waals surface area contributed by atoms with Crippen molar-refractivity contribution in [1.82, 2.24) is 5.32 Å². The van der Waals surface area contributed by atoms with Crippen molar-refractivity contribution in [2.75, 3.05) is 18.5 Å². The fourth-order valence-corrected chi connectivity index (χ4v) is 2.86. The SMILES string of the molecule is CC(=O)Nc1ccc(CNC(=O)c2ccc(OCC3CCCO3)cc2)cc1. The van der Waals surface area contributed by atoms with Crippen LogP contribution in [0.25, 0.3) is 0 Å². The minimum atomic E-state index is -0.147. The zero-order valence-electron chi connectivity index (χ0n) is 15.4. The van der Waals surface area contributed by atoms with Crippen LogP contribution in [-0.2, 0) is 16.1 Å². The lowest BCUT2D eigenvalue weighted by atomic mass is 10.1. The van der Waals surface area contributed by atoms with Gasteiger partial charge in [-0.25, -0.2) is 0 Å². The van der Waals surface area contributed by atoms with Gasteiger partial charge in [0.25, 0.3) is 5.91 Å². The van der Waals surface area contributed by atoms with E-state index in [9.17, 15) is 9.59 Å². The Hall–Kier alpha value is -2.86. The van der Waals surface area contributed by atoms with Crippen molar-refractivity contribution in [3.05, 3.63) is 59.7 Å². The van der Waals surface area contributed by atoms with Crippen molar-refractivity contribution in [3.8, 4) is 5.75 Å². The normalized spacial score (nSPS) is 16.0. The molecule has 1 unspecified atom stereocenters. The lowest BCUT2D eigenvalue weighted by Crippen LogP contribution is -2.22. The van der Waals surface area contributed by atoms with E-state index in [4.69, 9.17) is 9.47 Å². The lowest BCUT2D eigenvalue weighted by Gasteiger charge is -2.12. The summed E-state index contributed by atoms with van der Waals surface area (Å²) >= 11 is 0. The maximum absolute atomic E-state index is 12.3. The van der Waals surface area contributed by atoms with Crippen molar-refractivity contribution in [1.29, 1.82) is 0 Å². The predicted octanol–water partition coefficient (Wildman–Crippen LogP) is 3.13. The van der Waals surface area contributed by atoms with Gasteiger partial charge >= 0.3 is 0 Å². The van der Waals surface area contributed by atoms with E-state index in [0.717, 1.165) is 36.4 Å². The van der Waals surface area contributed by atoms with E-state index in [1.807, 2.05) is 24.3 Å². The highest BCUT2D eigenvalue weighted by molar-refractivity contribution is 5.94. The zero-order valence-corrected chi connectivity index (χ0v) is 15.4. The highest BCUT2D eigenvalue weighted by Crippen LogP contribution is 2.17. The highest BCUT2D eigenvalue weighted by atomic mass is 16.5. The molecule has 6 heteroatoms.